The number of pyridine rings is 1. The zero-order valence-corrected chi connectivity index (χ0v) is 15.0. The highest BCUT2D eigenvalue weighted by Crippen LogP contribution is 2.17. The predicted molar refractivity (Wildman–Crippen MR) is 106 cm³/mol. The molecule has 27 heavy (non-hydrogen) atoms. The molecule has 0 spiro atoms. The topological polar surface area (TPSA) is 60.5 Å². The Balaban J connectivity index is 1.53. The first kappa shape index (κ1) is 18.2. The predicted octanol–water partition coefficient (Wildman–Crippen LogP) is 4.32. The monoisotopic (exact) mass is 360 g/mol. The molecule has 0 bridgehead atoms. The highest BCUT2D eigenvalue weighted by Gasteiger charge is 2.00. The van der Waals surface area contributed by atoms with Crippen molar-refractivity contribution < 1.29 is 14.3 Å². The average Bonchev–Trinajstić information content (AvgIpc) is 2.72. The molecule has 0 unspecified atom stereocenters. The van der Waals surface area contributed by atoms with Gasteiger partial charge in [-0.15, -0.1) is 0 Å². The van der Waals surface area contributed by atoms with Gasteiger partial charge in [0.25, 0.3) is 0 Å². The summed E-state index contributed by atoms with van der Waals surface area (Å²) in [6, 6.07) is 18.6. The van der Waals surface area contributed by atoms with E-state index in [1.165, 1.54) is 6.08 Å². The van der Waals surface area contributed by atoms with E-state index in [2.05, 4.69) is 10.3 Å². The van der Waals surface area contributed by atoms with Crippen LogP contribution in [-0.4, -0.2) is 18.0 Å². The number of benzene rings is 2. The first-order valence-corrected chi connectivity index (χ1v) is 8.48. The van der Waals surface area contributed by atoms with Crippen LogP contribution in [0.1, 0.15) is 11.1 Å². The molecule has 2 aromatic carbocycles. The quantitative estimate of drug-likeness (QED) is 0.638. The van der Waals surface area contributed by atoms with E-state index in [9.17, 15) is 4.79 Å². The molecule has 136 valence electrons. The maximum absolute atomic E-state index is 12.0. The van der Waals surface area contributed by atoms with Crippen LogP contribution in [0.25, 0.3) is 6.08 Å². The Morgan fingerprint density at radius 2 is 1.93 bits per heavy atom. The summed E-state index contributed by atoms with van der Waals surface area (Å²) in [5.41, 5.74) is 2.60. The summed E-state index contributed by atoms with van der Waals surface area (Å²) >= 11 is 0. The van der Waals surface area contributed by atoms with Gasteiger partial charge in [0.05, 0.1) is 7.11 Å². The molecule has 0 atom stereocenters. The van der Waals surface area contributed by atoms with Gasteiger partial charge in [0, 0.05) is 35.8 Å². The summed E-state index contributed by atoms with van der Waals surface area (Å²) in [4.78, 5) is 16.1. The van der Waals surface area contributed by atoms with E-state index in [1.54, 1.807) is 31.6 Å². The number of carbonyl (C=O) groups is 1. The molecule has 5 nitrogen and oxygen atoms in total. The first-order chi connectivity index (χ1) is 13.2. The Morgan fingerprint density at radius 3 is 2.67 bits per heavy atom. The number of ether oxygens (including phenoxy) is 2. The lowest BCUT2D eigenvalue weighted by molar-refractivity contribution is -0.111. The third-order valence-corrected chi connectivity index (χ3v) is 3.77. The Labute approximate surface area is 158 Å². The fourth-order valence-electron chi connectivity index (χ4n) is 2.38. The summed E-state index contributed by atoms with van der Waals surface area (Å²) in [6.45, 7) is 0.464. The van der Waals surface area contributed by atoms with E-state index in [-0.39, 0.29) is 5.91 Å². The van der Waals surface area contributed by atoms with Gasteiger partial charge in [-0.3, -0.25) is 9.78 Å². The van der Waals surface area contributed by atoms with Crippen LogP contribution in [0.2, 0.25) is 0 Å². The number of carbonyl (C=O) groups excluding carboxylic acids is 1. The molecule has 5 heteroatoms. The van der Waals surface area contributed by atoms with Crippen molar-refractivity contribution in [2.75, 3.05) is 12.4 Å². The van der Waals surface area contributed by atoms with Gasteiger partial charge in [0.15, 0.2) is 0 Å². The molecule has 0 saturated carbocycles. The smallest absolute Gasteiger partial charge is 0.248 e. The molecule has 0 aliphatic heterocycles. The number of nitrogens with one attached hydrogen (secondary N) is 1. The van der Waals surface area contributed by atoms with Gasteiger partial charge < -0.3 is 14.8 Å². The normalized spacial score (nSPS) is 10.6. The van der Waals surface area contributed by atoms with Crippen LogP contribution in [0.15, 0.2) is 79.1 Å². The van der Waals surface area contributed by atoms with Gasteiger partial charge >= 0.3 is 0 Å². The van der Waals surface area contributed by atoms with Crippen LogP contribution < -0.4 is 14.8 Å². The second kappa shape index (κ2) is 9.20. The molecular weight excluding hydrogens is 340 g/mol. The fraction of sp³-hybridized carbons (Fsp3) is 0.0909. The van der Waals surface area contributed by atoms with Gasteiger partial charge in [0.2, 0.25) is 5.91 Å². The number of methoxy groups -OCH3 is 1. The zero-order chi connectivity index (χ0) is 18.9. The van der Waals surface area contributed by atoms with Gasteiger partial charge in [0.1, 0.15) is 18.1 Å². The fourth-order valence-corrected chi connectivity index (χ4v) is 2.38. The molecule has 1 aromatic heterocycles. The minimum atomic E-state index is -0.208. The van der Waals surface area contributed by atoms with Crippen LogP contribution in [0.5, 0.6) is 11.5 Å². The first-order valence-electron chi connectivity index (χ1n) is 8.48. The summed E-state index contributed by atoms with van der Waals surface area (Å²) in [6.07, 6.45) is 6.75. The van der Waals surface area contributed by atoms with Gasteiger partial charge in [-0.1, -0.05) is 24.3 Å². The van der Waals surface area contributed by atoms with E-state index in [0.717, 1.165) is 16.9 Å². The summed E-state index contributed by atoms with van der Waals surface area (Å²) in [5, 5.41) is 2.80. The second-order valence-electron chi connectivity index (χ2n) is 5.77. The van der Waals surface area contributed by atoms with E-state index in [1.807, 2.05) is 54.6 Å². The minimum Gasteiger partial charge on any atom is -0.497 e. The molecule has 3 aromatic rings. The molecule has 0 saturated heterocycles. The third-order valence-electron chi connectivity index (χ3n) is 3.77. The molecule has 0 aliphatic carbocycles. The Kier molecular flexibility index (Phi) is 6.20. The van der Waals surface area contributed by atoms with E-state index < -0.39 is 0 Å². The van der Waals surface area contributed by atoms with E-state index in [0.29, 0.717) is 18.0 Å². The molecule has 1 heterocycles. The Hall–Kier alpha value is -3.60. The molecule has 0 aliphatic rings. The number of rotatable bonds is 7. The number of amides is 1. The number of nitrogens with zero attached hydrogens (tertiary/aromatic N) is 1. The van der Waals surface area contributed by atoms with Crippen molar-refractivity contribution in [1.82, 2.24) is 4.98 Å². The van der Waals surface area contributed by atoms with E-state index in [4.69, 9.17) is 9.47 Å². The summed E-state index contributed by atoms with van der Waals surface area (Å²) in [7, 11) is 1.59. The van der Waals surface area contributed by atoms with Crippen molar-refractivity contribution in [2.24, 2.45) is 0 Å². The van der Waals surface area contributed by atoms with Crippen LogP contribution in [0.4, 0.5) is 5.69 Å². The lowest BCUT2D eigenvalue weighted by Crippen LogP contribution is -2.07. The van der Waals surface area contributed by atoms with Crippen molar-refractivity contribution in [3.8, 4) is 11.5 Å². The van der Waals surface area contributed by atoms with E-state index >= 15 is 0 Å². The van der Waals surface area contributed by atoms with Gasteiger partial charge in [-0.2, -0.15) is 0 Å². The van der Waals surface area contributed by atoms with Gasteiger partial charge in [-0.05, 0) is 42.0 Å². The molecule has 0 radical (unpaired) electrons. The highest BCUT2D eigenvalue weighted by atomic mass is 16.5. The third kappa shape index (κ3) is 5.71. The standard InChI is InChI=1S/C22H20N2O3/c1-26-21-6-2-5-19(14-21)24-22(25)12-9-17-7-10-20(11-8-17)27-16-18-4-3-13-23-15-18/h2-15H,16H2,1H3,(H,24,25)/b12-9+. The molecular formula is C22H20N2O3. The Bertz CT molecular complexity index is 906. The molecule has 1 amide bonds. The van der Waals surface area contributed by atoms with Crippen molar-refractivity contribution in [3.63, 3.8) is 0 Å². The van der Waals surface area contributed by atoms with Gasteiger partial charge in [-0.25, -0.2) is 0 Å². The van der Waals surface area contributed by atoms with Crippen LogP contribution in [-0.2, 0) is 11.4 Å². The van der Waals surface area contributed by atoms with Crippen LogP contribution in [0.3, 0.4) is 0 Å². The lowest BCUT2D eigenvalue weighted by atomic mass is 10.2. The summed E-state index contributed by atoms with van der Waals surface area (Å²) in [5.74, 6) is 1.25. The largest absolute Gasteiger partial charge is 0.497 e. The Morgan fingerprint density at radius 1 is 1.07 bits per heavy atom. The lowest BCUT2D eigenvalue weighted by Gasteiger charge is -2.06. The number of hydrogen-bond donors (Lipinski definition) is 1. The molecule has 0 fully saturated rings. The highest BCUT2D eigenvalue weighted by molar-refractivity contribution is 6.02. The maximum atomic E-state index is 12.0. The van der Waals surface area contributed by atoms with Crippen molar-refractivity contribution in [3.05, 3.63) is 90.3 Å². The summed E-state index contributed by atoms with van der Waals surface area (Å²) < 4.78 is 10.9. The average molecular weight is 360 g/mol. The number of hydrogen-bond acceptors (Lipinski definition) is 4. The second-order valence-corrected chi connectivity index (χ2v) is 5.77. The van der Waals surface area contributed by atoms with Crippen molar-refractivity contribution in [2.45, 2.75) is 6.61 Å². The minimum absolute atomic E-state index is 0.208. The SMILES string of the molecule is COc1cccc(NC(=O)/C=C/c2ccc(OCc3cccnc3)cc2)c1. The van der Waals surface area contributed by atoms with Crippen LogP contribution >= 0.6 is 0 Å². The number of anilines is 1. The van der Waals surface area contributed by atoms with Crippen molar-refractivity contribution >= 4 is 17.7 Å². The number of aromatic nitrogens is 1. The van der Waals surface area contributed by atoms with Crippen molar-refractivity contribution in [1.29, 1.82) is 0 Å². The molecule has 1 N–H and O–H groups in total. The van der Waals surface area contributed by atoms with Crippen LogP contribution in [0, 0.1) is 0 Å². The molecule has 3 rings (SSSR count). The zero-order valence-electron chi connectivity index (χ0n) is 15.0. The maximum Gasteiger partial charge on any atom is 0.248 e.